The van der Waals surface area contributed by atoms with Gasteiger partial charge in [-0.2, -0.15) is 0 Å². The molecule has 2 aromatic carbocycles. The van der Waals surface area contributed by atoms with Crippen molar-refractivity contribution in [3.63, 3.8) is 0 Å². The zero-order chi connectivity index (χ0) is 14.7. The minimum absolute atomic E-state index is 0.0407. The molecule has 1 amide bonds. The number of fused-ring (bicyclic) bond motifs is 1. The summed E-state index contributed by atoms with van der Waals surface area (Å²) in [7, 11) is 1.41. The third-order valence-corrected chi connectivity index (χ3v) is 3.76. The molecule has 1 atom stereocenters. The Kier molecular flexibility index (Phi) is 3.73. The molecule has 3 nitrogen and oxygen atoms in total. The van der Waals surface area contributed by atoms with Gasteiger partial charge in [-0.15, -0.1) is 0 Å². The highest BCUT2D eigenvalue weighted by atomic mass is 16.5. The molecule has 3 heteroatoms. The minimum Gasteiger partial charge on any atom is -0.452 e. The molecule has 0 spiro atoms. The van der Waals surface area contributed by atoms with Crippen molar-refractivity contribution < 1.29 is 9.53 Å². The first-order valence-electron chi connectivity index (χ1n) is 6.97. The maximum absolute atomic E-state index is 12.0. The summed E-state index contributed by atoms with van der Waals surface area (Å²) in [6, 6.07) is 18.3. The maximum Gasteiger partial charge on any atom is 0.414 e. The van der Waals surface area contributed by atoms with Crippen molar-refractivity contribution in [2.45, 2.75) is 12.5 Å². The fourth-order valence-corrected chi connectivity index (χ4v) is 2.72. The number of benzene rings is 2. The summed E-state index contributed by atoms with van der Waals surface area (Å²) in [4.78, 5) is 13.7. The second kappa shape index (κ2) is 5.83. The fraction of sp³-hybridized carbons (Fsp3) is 0.167. The summed E-state index contributed by atoms with van der Waals surface area (Å²) in [5, 5.41) is 0. The zero-order valence-electron chi connectivity index (χ0n) is 11.9. The first-order valence-corrected chi connectivity index (χ1v) is 6.97. The second-order valence-corrected chi connectivity index (χ2v) is 5.03. The normalized spacial score (nSPS) is 16.4. The van der Waals surface area contributed by atoms with Crippen molar-refractivity contribution in [1.82, 2.24) is 4.90 Å². The van der Waals surface area contributed by atoms with Crippen LogP contribution in [0, 0.1) is 0 Å². The van der Waals surface area contributed by atoms with Crippen molar-refractivity contribution >= 4 is 12.2 Å². The predicted octanol–water partition coefficient (Wildman–Crippen LogP) is 4.02. The van der Waals surface area contributed by atoms with E-state index in [1.807, 2.05) is 42.6 Å². The monoisotopic (exact) mass is 279 g/mol. The molecular formula is C18H17NO2. The molecule has 0 saturated heterocycles. The molecule has 1 aliphatic heterocycles. The van der Waals surface area contributed by atoms with Crippen LogP contribution in [0.5, 0.6) is 0 Å². The second-order valence-electron chi connectivity index (χ2n) is 5.03. The average Bonchev–Trinajstić information content (AvgIpc) is 2.55. The Hall–Kier alpha value is -2.55. The van der Waals surface area contributed by atoms with Crippen molar-refractivity contribution in [3.8, 4) is 0 Å². The lowest BCUT2D eigenvalue weighted by Crippen LogP contribution is -2.33. The quantitative estimate of drug-likeness (QED) is 0.831. The Bertz CT molecular complexity index is 664. The molecule has 1 aliphatic rings. The first-order chi connectivity index (χ1) is 10.3. The van der Waals surface area contributed by atoms with Crippen molar-refractivity contribution in [1.29, 1.82) is 0 Å². The van der Waals surface area contributed by atoms with E-state index in [0.717, 1.165) is 17.5 Å². The van der Waals surface area contributed by atoms with Crippen LogP contribution in [0.3, 0.4) is 0 Å². The van der Waals surface area contributed by atoms with Gasteiger partial charge < -0.3 is 4.74 Å². The van der Waals surface area contributed by atoms with Gasteiger partial charge in [0.15, 0.2) is 0 Å². The summed E-state index contributed by atoms with van der Waals surface area (Å²) in [6.07, 6.45) is 4.19. The van der Waals surface area contributed by atoms with Gasteiger partial charge in [-0.05, 0) is 29.2 Å². The number of hydrogen-bond donors (Lipinski definition) is 0. The van der Waals surface area contributed by atoms with Gasteiger partial charge in [0.1, 0.15) is 0 Å². The summed E-state index contributed by atoms with van der Waals surface area (Å²) in [5.74, 6) is 0. The van der Waals surface area contributed by atoms with Gasteiger partial charge in [0, 0.05) is 6.20 Å². The smallest absolute Gasteiger partial charge is 0.414 e. The molecule has 2 aromatic rings. The van der Waals surface area contributed by atoms with Crippen LogP contribution in [0.4, 0.5) is 4.79 Å². The van der Waals surface area contributed by atoms with Crippen LogP contribution >= 0.6 is 0 Å². The van der Waals surface area contributed by atoms with E-state index < -0.39 is 0 Å². The van der Waals surface area contributed by atoms with E-state index in [-0.39, 0.29) is 12.1 Å². The Labute approximate surface area is 124 Å². The summed E-state index contributed by atoms with van der Waals surface area (Å²) in [6.45, 7) is 0. The number of rotatable bonds is 2. The Balaban J connectivity index is 1.98. The van der Waals surface area contributed by atoms with Gasteiger partial charge in [-0.3, -0.25) is 4.90 Å². The molecule has 1 unspecified atom stereocenters. The molecule has 1 heterocycles. The highest BCUT2D eigenvalue weighted by Crippen LogP contribution is 2.33. The predicted molar refractivity (Wildman–Crippen MR) is 82.6 cm³/mol. The van der Waals surface area contributed by atoms with Gasteiger partial charge in [-0.25, -0.2) is 4.79 Å². The van der Waals surface area contributed by atoms with Crippen LogP contribution in [0.1, 0.15) is 22.7 Å². The third kappa shape index (κ3) is 2.68. The van der Waals surface area contributed by atoms with E-state index in [4.69, 9.17) is 4.74 Å². The number of ether oxygens (including phenoxy) is 1. The van der Waals surface area contributed by atoms with Gasteiger partial charge in [0.05, 0.1) is 13.2 Å². The van der Waals surface area contributed by atoms with Crippen LogP contribution in [0.15, 0.2) is 60.8 Å². The summed E-state index contributed by atoms with van der Waals surface area (Å²) in [5.41, 5.74) is 3.49. The number of nitrogens with zero attached hydrogens (tertiary/aromatic N) is 1. The van der Waals surface area contributed by atoms with E-state index in [2.05, 4.69) is 24.3 Å². The molecule has 106 valence electrons. The molecule has 0 fully saturated rings. The van der Waals surface area contributed by atoms with Crippen LogP contribution in [0.25, 0.3) is 6.08 Å². The van der Waals surface area contributed by atoms with E-state index in [0.29, 0.717) is 0 Å². The van der Waals surface area contributed by atoms with E-state index in [1.165, 1.54) is 12.7 Å². The van der Waals surface area contributed by atoms with Crippen LogP contribution in [-0.4, -0.2) is 18.1 Å². The van der Waals surface area contributed by atoms with Gasteiger partial charge in [-0.1, -0.05) is 54.6 Å². The van der Waals surface area contributed by atoms with Crippen molar-refractivity contribution in [2.24, 2.45) is 0 Å². The third-order valence-electron chi connectivity index (χ3n) is 3.76. The first kappa shape index (κ1) is 13.4. The largest absolute Gasteiger partial charge is 0.452 e. The molecule has 0 bridgehead atoms. The molecule has 21 heavy (non-hydrogen) atoms. The molecule has 0 saturated carbocycles. The molecule has 3 rings (SSSR count). The summed E-state index contributed by atoms with van der Waals surface area (Å²) < 4.78 is 4.91. The minimum atomic E-state index is -0.332. The summed E-state index contributed by atoms with van der Waals surface area (Å²) >= 11 is 0. The molecule has 0 aliphatic carbocycles. The number of hydrogen-bond acceptors (Lipinski definition) is 2. The highest BCUT2D eigenvalue weighted by molar-refractivity contribution is 5.73. The van der Waals surface area contributed by atoms with Gasteiger partial charge in [0.25, 0.3) is 0 Å². The molecular weight excluding hydrogens is 262 g/mol. The number of carbonyl (C=O) groups excluding carboxylic acids is 1. The van der Waals surface area contributed by atoms with Crippen LogP contribution in [0.2, 0.25) is 0 Å². The standard InChI is InChI=1S/C18H17NO2/c1-21-18(20)19-12-11-15-9-5-6-10-16(15)17(19)13-14-7-3-2-4-8-14/h2-12,17H,13H2,1H3. The van der Waals surface area contributed by atoms with Crippen molar-refractivity contribution in [2.75, 3.05) is 7.11 Å². The van der Waals surface area contributed by atoms with E-state index in [9.17, 15) is 4.79 Å². The van der Waals surface area contributed by atoms with Crippen molar-refractivity contribution in [3.05, 3.63) is 77.5 Å². The number of carbonyl (C=O) groups is 1. The fourth-order valence-electron chi connectivity index (χ4n) is 2.72. The van der Waals surface area contributed by atoms with Gasteiger partial charge in [0.2, 0.25) is 0 Å². The number of amides is 1. The maximum atomic E-state index is 12.0. The molecule has 0 aromatic heterocycles. The Morgan fingerprint density at radius 2 is 1.81 bits per heavy atom. The Morgan fingerprint density at radius 3 is 2.57 bits per heavy atom. The average molecular weight is 279 g/mol. The van der Waals surface area contributed by atoms with E-state index >= 15 is 0 Å². The van der Waals surface area contributed by atoms with Gasteiger partial charge >= 0.3 is 6.09 Å². The molecule has 0 N–H and O–H groups in total. The lowest BCUT2D eigenvalue weighted by molar-refractivity contribution is 0.125. The highest BCUT2D eigenvalue weighted by Gasteiger charge is 2.28. The lowest BCUT2D eigenvalue weighted by Gasteiger charge is -2.32. The molecule has 0 radical (unpaired) electrons. The topological polar surface area (TPSA) is 29.5 Å². The van der Waals surface area contributed by atoms with Crippen LogP contribution < -0.4 is 0 Å². The number of methoxy groups -OCH3 is 1. The Morgan fingerprint density at radius 1 is 1.10 bits per heavy atom. The van der Waals surface area contributed by atoms with E-state index in [1.54, 1.807) is 4.90 Å². The lowest BCUT2D eigenvalue weighted by atomic mass is 9.91. The van der Waals surface area contributed by atoms with Crippen LogP contribution in [-0.2, 0) is 11.2 Å². The zero-order valence-corrected chi connectivity index (χ0v) is 11.9. The SMILES string of the molecule is COC(=O)N1C=Cc2ccccc2C1Cc1ccccc1.